The van der Waals surface area contributed by atoms with Crippen LogP contribution in [0.2, 0.25) is 5.02 Å². The minimum Gasteiger partial charge on any atom is -0.493 e. The second-order valence-electron chi connectivity index (χ2n) is 7.71. The summed E-state index contributed by atoms with van der Waals surface area (Å²) in [6.07, 6.45) is 0.917. The molecule has 0 radical (unpaired) electrons. The monoisotopic (exact) mass is 526 g/mol. The molecule has 0 saturated heterocycles. The first kappa shape index (κ1) is 27.2. The molecule has 11 heteroatoms. The molecule has 192 valence electrons. The maximum Gasteiger partial charge on any atom is 0.262 e. The predicted molar refractivity (Wildman–Crippen MR) is 139 cm³/mol. The van der Waals surface area contributed by atoms with Crippen LogP contribution < -0.4 is 25.5 Å². The standard InChI is InChI=1S/C26H24ClFN4O5/c1-16-7-9-18(12-19(16)27)30-24(33)13-25(34)32-29-14-17-8-10-22(23(11-17)36-2)37-15-26(35)31-21-6-4-3-5-20(21)28/h3-12,14H,13,15H2,1-2H3,(H,30,33)(H,31,35)(H,32,34). The molecule has 9 nitrogen and oxygen atoms in total. The Labute approximate surface area is 217 Å². The number of carbonyl (C=O) groups excluding carboxylic acids is 3. The van der Waals surface area contributed by atoms with Crippen molar-refractivity contribution in [2.45, 2.75) is 13.3 Å². The Bertz CT molecular complexity index is 1330. The smallest absolute Gasteiger partial charge is 0.262 e. The average Bonchev–Trinajstić information content (AvgIpc) is 2.86. The van der Waals surface area contributed by atoms with E-state index in [9.17, 15) is 18.8 Å². The van der Waals surface area contributed by atoms with Gasteiger partial charge in [-0.1, -0.05) is 29.8 Å². The zero-order valence-electron chi connectivity index (χ0n) is 20.0. The molecule has 0 bridgehead atoms. The Morgan fingerprint density at radius 3 is 2.49 bits per heavy atom. The van der Waals surface area contributed by atoms with E-state index in [1.165, 1.54) is 31.5 Å². The van der Waals surface area contributed by atoms with Crippen LogP contribution in [-0.2, 0) is 14.4 Å². The van der Waals surface area contributed by atoms with E-state index in [4.69, 9.17) is 21.1 Å². The van der Waals surface area contributed by atoms with Gasteiger partial charge in [0.1, 0.15) is 12.2 Å². The Morgan fingerprint density at radius 2 is 1.76 bits per heavy atom. The SMILES string of the molecule is COc1cc(C=NNC(=O)CC(=O)Nc2ccc(C)c(Cl)c2)ccc1OCC(=O)Nc1ccccc1F. The maximum atomic E-state index is 13.7. The van der Waals surface area contributed by atoms with E-state index in [0.29, 0.717) is 22.0 Å². The number of benzene rings is 3. The van der Waals surface area contributed by atoms with Gasteiger partial charge in [-0.25, -0.2) is 9.82 Å². The molecule has 0 atom stereocenters. The van der Waals surface area contributed by atoms with Crippen molar-refractivity contribution < 1.29 is 28.2 Å². The number of ether oxygens (including phenoxy) is 2. The molecule has 0 saturated carbocycles. The Balaban J connectivity index is 1.49. The summed E-state index contributed by atoms with van der Waals surface area (Å²) in [4.78, 5) is 36.2. The second kappa shape index (κ2) is 13.0. The van der Waals surface area contributed by atoms with Gasteiger partial charge in [0, 0.05) is 10.7 Å². The van der Waals surface area contributed by atoms with Crippen LogP contribution in [0.3, 0.4) is 0 Å². The van der Waals surface area contributed by atoms with E-state index < -0.39 is 30.0 Å². The van der Waals surface area contributed by atoms with Gasteiger partial charge in [0.25, 0.3) is 5.91 Å². The van der Waals surface area contributed by atoms with Crippen molar-refractivity contribution in [3.05, 3.63) is 82.6 Å². The molecule has 0 aromatic heterocycles. The maximum absolute atomic E-state index is 13.7. The molecule has 37 heavy (non-hydrogen) atoms. The molecule has 3 rings (SSSR count). The van der Waals surface area contributed by atoms with Crippen molar-refractivity contribution in [1.82, 2.24) is 5.43 Å². The molecule has 3 N–H and O–H groups in total. The molecule has 3 aromatic rings. The number of aryl methyl sites for hydroxylation is 1. The van der Waals surface area contributed by atoms with Gasteiger partial charge >= 0.3 is 0 Å². The lowest BCUT2D eigenvalue weighted by molar-refractivity contribution is -0.126. The fraction of sp³-hybridized carbons (Fsp3) is 0.154. The van der Waals surface area contributed by atoms with Crippen LogP contribution in [0, 0.1) is 12.7 Å². The number of anilines is 2. The van der Waals surface area contributed by atoms with Gasteiger partial charge in [-0.15, -0.1) is 0 Å². The molecule has 3 amide bonds. The highest BCUT2D eigenvalue weighted by Crippen LogP contribution is 2.27. The van der Waals surface area contributed by atoms with Gasteiger partial charge in [-0.05, 0) is 60.5 Å². The third-order valence-corrected chi connectivity index (χ3v) is 5.28. The summed E-state index contributed by atoms with van der Waals surface area (Å²) in [5.74, 6) is -1.64. The number of carbonyl (C=O) groups is 3. The lowest BCUT2D eigenvalue weighted by Gasteiger charge is -2.11. The van der Waals surface area contributed by atoms with Crippen molar-refractivity contribution in [2.24, 2.45) is 5.10 Å². The number of halogens is 2. The lowest BCUT2D eigenvalue weighted by atomic mass is 10.2. The van der Waals surface area contributed by atoms with Crippen molar-refractivity contribution in [3.63, 3.8) is 0 Å². The van der Waals surface area contributed by atoms with Crippen LogP contribution in [0.5, 0.6) is 11.5 Å². The largest absolute Gasteiger partial charge is 0.493 e. The summed E-state index contributed by atoms with van der Waals surface area (Å²) in [5, 5.41) is 9.36. The van der Waals surface area contributed by atoms with E-state index in [2.05, 4.69) is 21.2 Å². The molecule has 0 aliphatic heterocycles. The first-order chi connectivity index (χ1) is 17.7. The molecule has 0 aliphatic carbocycles. The predicted octanol–water partition coefficient (Wildman–Crippen LogP) is 4.29. The van der Waals surface area contributed by atoms with E-state index in [-0.39, 0.29) is 18.0 Å². The molecule has 0 fully saturated rings. The number of hydrazone groups is 1. The lowest BCUT2D eigenvalue weighted by Crippen LogP contribution is -2.24. The Morgan fingerprint density at radius 1 is 0.973 bits per heavy atom. The van der Waals surface area contributed by atoms with Crippen LogP contribution in [-0.4, -0.2) is 37.7 Å². The van der Waals surface area contributed by atoms with Gasteiger partial charge < -0.3 is 20.1 Å². The highest BCUT2D eigenvalue weighted by atomic mass is 35.5. The zero-order valence-corrected chi connectivity index (χ0v) is 20.8. The topological polar surface area (TPSA) is 118 Å². The van der Waals surface area contributed by atoms with Crippen molar-refractivity contribution >= 4 is 46.9 Å². The van der Waals surface area contributed by atoms with Crippen LogP contribution in [0.1, 0.15) is 17.5 Å². The first-order valence-electron chi connectivity index (χ1n) is 11.0. The average molecular weight is 527 g/mol. The fourth-order valence-electron chi connectivity index (χ4n) is 3.02. The quantitative estimate of drug-likeness (QED) is 0.207. The summed E-state index contributed by atoms with van der Waals surface area (Å²) < 4.78 is 24.4. The molecular weight excluding hydrogens is 503 g/mol. The van der Waals surface area contributed by atoms with Gasteiger partial charge in [0.2, 0.25) is 11.8 Å². The van der Waals surface area contributed by atoms with E-state index in [0.717, 1.165) is 5.56 Å². The number of nitrogens with one attached hydrogen (secondary N) is 3. The summed E-state index contributed by atoms with van der Waals surface area (Å²) in [5.41, 5.74) is 4.23. The zero-order chi connectivity index (χ0) is 26.8. The minimum atomic E-state index is -0.611. The third-order valence-electron chi connectivity index (χ3n) is 4.87. The number of hydrogen-bond donors (Lipinski definition) is 3. The van der Waals surface area contributed by atoms with Gasteiger partial charge in [0.05, 0.1) is 19.0 Å². The molecule has 0 heterocycles. The highest BCUT2D eigenvalue weighted by Gasteiger charge is 2.12. The van der Waals surface area contributed by atoms with Gasteiger partial charge in [-0.2, -0.15) is 5.10 Å². The molecule has 0 spiro atoms. The highest BCUT2D eigenvalue weighted by molar-refractivity contribution is 6.31. The van der Waals surface area contributed by atoms with Gasteiger partial charge in [0.15, 0.2) is 18.1 Å². The molecule has 0 aliphatic rings. The fourth-order valence-corrected chi connectivity index (χ4v) is 3.20. The molecule has 3 aromatic carbocycles. The molecular formula is C26H24ClFN4O5. The number of nitrogens with zero attached hydrogens (tertiary/aromatic N) is 1. The molecule has 0 unspecified atom stereocenters. The Hall–Kier alpha value is -4.44. The normalized spacial score (nSPS) is 10.6. The van der Waals surface area contributed by atoms with Crippen molar-refractivity contribution in [1.29, 1.82) is 0 Å². The van der Waals surface area contributed by atoms with E-state index in [1.54, 1.807) is 42.5 Å². The first-order valence-corrected chi connectivity index (χ1v) is 11.4. The van der Waals surface area contributed by atoms with E-state index >= 15 is 0 Å². The number of rotatable bonds is 10. The summed E-state index contributed by atoms with van der Waals surface area (Å²) in [6.45, 7) is 1.47. The summed E-state index contributed by atoms with van der Waals surface area (Å²) >= 11 is 6.03. The van der Waals surface area contributed by atoms with Crippen LogP contribution in [0.25, 0.3) is 0 Å². The second-order valence-corrected chi connectivity index (χ2v) is 8.12. The van der Waals surface area contributed by atoms with Crippen molar-refractivity contribution in [3.8, 4) is 11.5 Å². The van der Waals surface area contributed by atoms with Crippen LogP contribution >= 0.6 is 11.6 Å². The Kier molecular flexibility index (Phi) is 9.56. The summed E-state index contributed by atoms with van der Waals surface area (Å²) in [7, 11) is 1.42. The van der Waals surface area contributed by atoms with Crippen LogP contribution in [0.15, 0.2) is 65.8 Å². The number of amides is 3. The van der Waals surface area contributed by atoms with E-state index in [1.807, 2.05) is 6.92 Å². The van der Waals surface area contributed by atoms with Gasteiger partial charge in [-0.3, -0.25) is 14.4 Å². The summed E-state index contributed by atoms with van der Waals surface area (Å²) in [6, 6.07) is 15.6. The van der Waals surface area contributed by atoms with Crippen molar-refractivity contribution in [2.75, 3.05) is 24.4 Å². The number of para-hydroxylation sites is 1. The number of methoxy groups -OCH3 is 1. The third kappa shape index (κ3) is 8.32. The minimum absolute atomic E-state index is 0.0497. The number of hydrogen-bond acceptors (Lipinski definition) is 6. The van der Waals surface area contributed by atoms with Crippen LogP contribution in [0.4, 0.5) is 15.8 Å².